The Morgan fingerprint density at radius 2 is 2.24 bits per heavy atom. The summed E-state index contributed by atoms with van der Waals surface area (Å²) in [4.78, 5) is 0. The second kappa shape index (κ2) is 6.23. The fourth-order valence-corrected chi connectivity index (χ4v) is 1.32. The molecule has 17 heavy (non-hydrogen) atoms. The fraction of sp³-hybridized carbons (Fsp3) is 0.462. The zero-order valence-corrected chi connectivity index (χ0v) is 10.4. The second-order valence-electron chi connectivity index (χ2n) is 4.15. The van der Waals surface area contributed by atoms with Crippen molar-refractivity contribution >= 4 is 5.71 Å². The average molecular weight is 239 g/mol. The minimum atomic E-state index is -0.362. The highest BCUT2D eigenvalue weighted by molar-refractivity contribution is 6.00. The molecule has 0 amide bonds. The van der Waals surface area contributed by atoms with Crippen molar-refractivity contribution in [3.63, 3.8) is 0 Å². The van der Waals surface area contributed by atoms with Gasteiger partial charge >= 0.3 is 0 Å². The van der Waals surface area contributed by atoms with E-state index in [-0.39, 0.29) is 5.82 Å². The molecule has 0 bridgehead atoms. The smallest absolute Gasteiger partial charge is 0.131 e. The van der Waals surface area contributed by atoms with Gasteiger partial charge in [-0.15, -0.1) is 0 Å². The van der Waals surface area contributed by atoms with Crippen LogP contribution in [0.2, 0.25) is 0 Å². The molecule has 0 aliphatic rings. The lowest BCUT2D eigenvalue weighted by molar-refractivity contribution is 0.255. The summed E-state index contributed by atoms with van der Waals surface area (Å²) in [6.07, 6.45) is 0.998. The molecule has 1 unspecified atom stereocenters. The van der Waals surface area contributed by atoms with Crippen molar-refractivity contribution in [2.75, 3.05) is 6.61 Å². The molecule has 0 fully saturated rings. The summed E-state index contributed by atoms with van der Waals surface area (Å²) in [7, 11) is 0. The van der Waals surface area contributed by atoms with Gasteiger partial charge in [0, 0.05) is 11.6 Å². The molecule has 4 heteroatoms. The average Bonchev–Trinajstić information content (AvgIpc) is 2.35. The minimum Gasteiger partial charge on any atom is -0.493 e. The van der Waals surface area contributed by atoms with Gasteiger partial charge in [0.25, 0.3) is 0 Å². The molecule has 3 nitrogen and oxygen atoms in total. The van der Waals surface area contributed by atoms with Gasteiger partial charge in [0.2, 0.25) is 0 Å². The molecular formula is C13H18FNO2. The summed E-state index contributed by atoms with van der Waals surface area (Å²) >= 11 is 0. The van der Waals surface area contributed by atoms with Crippen molar-refractivity contribution in [2.24, 2.45) is 11.1 Å². The summed E-state index contributed by atoms with van der Waals surface area (Å²) in [6, 6.07) is 4.18. The maximum Gasteiger partial charge on any atom is 0.131 e. The molecule has 0 saturated carbocycles. The Labute approximate surface area is 101 Å². The van der Waals surface area contributed by atoms with E-state index in [2.05, 4.69) is 19.0 Å². The number of nitrogens with zero attached hydrogens (tertiary/aromatic N) is 1. The lowest BCUT2D eigenvalue weighted by atomic mass is 10.1. The third kappa shape index (κ3) is 3.73. The summed E-state index contributed by atoms with van der Waals surface area (Å²) in [5.41, 5.74) is 1.02. The van der Waals surface area contributed by atoms with Crippen LogP contribution in [-0.4, -0.2) is 17.5 Å². The Morgan fingerprint density at radius 1 is 1.53 bits per heavy atom. The molecule has 0 saturated heterocycles. The van der Waals surface area contributed by atoms with Crippen LogP contribution in [0.3, 0.4) is 0 Å². The normalized spacial score (nSPS) is 13.5. The van der Waals surface area contributed by atoms with Crippen LogP contribution in [-0.2, 0) is 0 Å². The van der Waals surface area contributed by atoms with E-state index in [0.29, 0.717) is 29.5 Å². The monoisotopic (exact) mass is 239 g/mol. The largest absolute Gasteiger partial charge is 0.493 e. The quantitative estimate of drug-likeness (QED) is 0.486. The van der Waals surface area contributed by atoms with Gasteiger partial charge in [0.1, 0.15) is 11.6 Å². The third-order valence-electron chi connectivity index (χ3n) is 2.70. The van der Waals surface area contributed by atoms with E-state index in [1.54, 1.807) is 13.0 Å². The van der Waals surface area contributed by atoms with Crippen molar-refractivity contribution in [1.29, 1.82) is 0 Å². The topological polar surface area (TPSA) is 41.8 Å². The van der Waals surface area contributed by atoms with Gasteiger partial charge in [-0.1, -0.05) is 25.4 Å². The molecule has 0 spiro atoms. The molecule has 1 aromatic rings. The van der Waals surface area contributed by atoms with Crippen LogP contribution in [0.5, 0.6) is 5.75 Å². The molecular weight excluding hydrogens is 221 g/mol. The first kappa shape index (κ1) is 13.5. The molecule has 0 aromatic heterocycles. The molecule has 1 atom stereocenters. The van der Waals surface area contributed by atoms with Crippen molar-refractivity contribution in [3.8, 4) is 5.75 Å². The lowest BCUT2D eigenvalue weighted by Crippen LogP contribution is -2.10. The highest BCUT2D eigenvalue weighted by atomic mass is 19.1. The number of rotatable bonds is 5. The molecule has 0 aliphatic carbocycles. The van der Waals surface area contributed by atoms with E-state index in [4.69, 9.17) is 9.94 Å². The molecule has 1 N–H and O–H groups in total. The Hall–Kier alpha value is -1.58. The predicted octanol–water partition coefficient (Wildman–Crippen LogP) is 3.45. The molecule has 0 radical (unpaired) electrons. The van der Waals surface area contributed by atoms with Crippen LogP contribution < -0.4 is 4.74 Å². The van der Waals surface area contributed by atoms with Gasteiger partial charge in [0.05, 0.1) is 12.3 Å². The molecule has 1 aromatic carbocycles. The van der Waals surface area contributed by atoms with Gasteiger partial charge in [0.15, 0.2) is 0 Å². The van der Waals surface area contributed by atoms with Crippen LogP contribution >= 0.6 is 0 Å². The first-order chi connectivity index (χ1) is 8.08. The fourth-order valence-electron chi connectivity index (χ4n) is 1.32. The molecule has 0 heterocycles. The molecule has 1 rings (SSSR count). The Morgan fingerprint density at radius 3 is 2.82 bits per heavy atom. The van der Waals surface area contributed by atoms with Gasteiger partial charge in [-0.05, 0) is 25.0 Å². The highest BCUT2D eigenvalue weighted by Crippen LogP contribution is 2.21. The first-order valence-corrected chi connectivity index (χ1v) is 5.69. The maximum atomic E-state index is 13.1. The van der Waals surface area contributed by atoms with E-state index in [1.165, 1.54) is 12.1 Å². The van der Waals surface area contributed by atoms with E-state index in [0.717, 1.165) is 6.42 Å². The Balaban J connectivity index is 2.91. The van der Waals surface area contributed by atoms with E-state index in [1.807, 2.05) is 0 Å². The third-order valence-corrected chi connectivity index (χ3v) is 2.70. The Bertz CT molecular complexity index is 404. The highest BCUT2D eigenvalue weighted by Gasteiger charge is 2.10. The molecule has 94 valence electrons. The van der Waals surface area contributed by atoms with Gasteiger partial charge in [-0.2, -0.15) is 0 Å². The van der Waals surface area contributed by atoms with E-state index >= 15 is 0 Å². The number of hydrogen-bond donors (Lipinski definition) is 1. The van der Waals surface area contributed by atoms with Crippen molar-refractivity contribution in [2.45, 2.75) is 27.2 Å². The number of ether oxygens (including phenoxy) is 1. The zero-order chi connectivity index (χ0) is 12.8. The second-order valence-corrected chi connectivity index (χ2v) is 4.15. The van der Waals surface area contributed by atoms with Crippen molar-refractivity contribution in [1.82, 2.24) is 0 Å². The lowest BCUT2D eigenvalue weighted by Gasteiger charge is -2.14. The standard InChI is InChI=1S/C13H18FNO2/c1-4-9(2)8-17-13-7-11(14)5-6-12(13)10(3)15-16/h5-7,9,16H,4,8H2,1-3H3. The summed E-state index contributed by atoms with van der Waals surface area (Å²) in [5, 5.41) is 11.9. The maximum absolute atomic E-state index is 13.1. The minimum absolute atomic E-state index is 0.362. The number of benzene rings is 1. The summed E-state index contributed by atoms with van der Waals surface area (Å²) in [5.74, 6) is 0.455. The number of oxime groups is 1. The van der Waals surface area contributed by atoms with Crippen LogP contribution in [0.25, 0.3) is 0 Å². The van der Waals surface area contributed by atoms with E-state index in [9.17, 15) is 4.39 Å². The van der Waals surface area contributed by atoms with Crippen LogP contribution in [0.4, 0.5) is 4.39 Å². The predicted molar refractivity (Wildman–Crippen MR) is 65.3 cm³/mol. The Kier molecular flexibility index (Phi) is 4.94. The van der Waals surface area contributed by atoms with Gasteiger partial charge in [-0.25, -0.2) is 4.39 Å². The number of halogens is 1. The van der Waals surface area contributed by atoms with Gasteiger partial charge < -0.3 is 9.94 Å². The zero-order valence-electron chi connectivity index (χ0n) is 10.4. The molecule has 0 aliphatic heterocycles. The SMILES string of the molecule is CCC(C)COc1cc(F)ccc1C(C)=NO. The van der Waals surface area contributed by atoms with Gasteiger partial charge in [-0.3, -0.25) is 0 Å². The van der Waals surface area contributed by atoms with Crippen LogP contribution in [0.1, 0.15) is 32.8 Å². The summed E-state index contributed by atoms with van der Waals surface area (Å²) in [6.45, 7) is 6.29. The van der Waals surface area contributed by atoms with Crippen LogP contribution in [0.15, 0.2) is 23.4 Å². The van der Waals surface area contributed by atoms with Crippen molar-refractivity contribution < 1.29 is 14.3 Å². The van der Waals surface area contributed by atoms with Crippen LogP contribution in [0, 0.1) is 11.7 Å². The first-order valence-electron chi connectivity index (χ1n) is 5.69. The van der Waals surface area contributed by atoms with E-state index < -0.39 is 0 Å². The van der Waals surface area contributed by atoms with Crippen molar-refractivity contribution in [3.05, 3.63) is 29.6 Å². The summed E-state index contributed by atoms with van der Waals surface area (Å²) < 4.78 is 18.7. The number of hydrogen-bond acceptors (Lipinski definition) is 3.